The van der Waals surface area contributed by atoms with Crippen LogP contribution in [-0.2, 0) is 0 Å². The molecule has 0 aromatic heterocycles. The molecule has 1 atom stereocenters. The Hall–Kier alpha value is -0.160. The molecular formula is C11H24N4. The second-order valence-corrected chi connectivity index (χ2v) is 4.92. The fraction of sp³-hybridized carbons (Fsp3) is 1.00. The van der Waals surface area contributed by atoms with Crippen LogP contribution in [0.4, 0.5) is 0 Å². The van der Waals surface area contributed by atoms with Crippen LogP contribution in [0.5, 0.6) is 0 Å². The Kier molecular flexibility index (Phi) is 3.97. The monoisotopic (exact) mass is 212 g/mol. The molecule has 0 spiro atoms. The van der Waals surface area contributed by atoms with Gasteiger partial charge in [0.25, 0.3) is 0 Å². The van der Waals surface area contributed by atoms with E-state index in [2.05, 4.69) is 34.1 Å². The summed E-state index contributed by atoms with van der Waals surface area (Å²) in [5.41, 5.74) is 0. The average Bonchev–Trinajstić information content (AvgIpc) is 2.44. The van der Waals surface area contributed by atoms with Crippen LogP contribution in [0.15, 0.2) is 0 Å². The minimum Gasteiger partial charge on any atom is -0.304 e. The molecule has 0 aromatic rings. The third-order valence-electron chi connectivity index (χ3n) is 3.56. The van der Waals surface area contributed by atoms with Gasteiger partial charge in [0.2, 0.25) is 0 Å². The molecule has 88 valence electrons. The highest BCUT2D eigenvalue weighted by Gasteiger charge is 2.24. The van der Waals surface area contributed by atoms with Crippen molar-refractivity contribution < 1.29 is 0 Å². The van der Waals surface area contributed by atoms with E-state index in [9.17, 15) is 0 Å². The van der Waals surface area contributed by atoms with Crippen molar-refractivity contribution in [3.8, 4) is 0 Å². The first-order chi connectivity index (χ1) is 7.25. The maximum Gasteiger partial charge on any atom is 0.0729 e. The first-order valence-electron chi connectivity index (χ1n) is 6.10. The molecule has 2 saturated heterocycles. The lowest BCUT2D eigenvalue weighted by Crippen LogP contribution is -2.56. The summed E-state index contributed by atoms with van der Waals surface area (Å²) in [6.45, 7) is 8.41. The third-order valence-corrected chi connectivity index (χ3v) is 3.56. The zero-order valence-electron chi connectivity index (χ0n) is 10.1. The summed E-state index contributed by atoms with van der Waals surface area (Å²) in [7, 11) is 4.44. The van der Waals surface area contributed by atoms with Crippen molar-refractivity contribution in [2.75, 3.05) is 59.9 Å². The van der Waals surface area contributed by atoms with Gasteiger partial charge in [-0.3, -0.25) is 4.90 Å². The lowest BCUT2D eigenvalue weighted by Gasteiger charge is -2.38. The lowest BCUT2D eigenvalue weighted by molar-refractivity contribution is 0.0828. The molecule has 0 bridgehead atoms. The standard InChI is InChI=1S/C11H24N4/c1-13-6-8-15(9-7-13)11-10-14(2)5-3-4-12-11/h11-12H,3-10H2,1-2H3. The van der Waals surface area contributed by atoms with E-state index < -0.39 is 0 Å². The van der Waals surface area contributed by atoms with Crippen molar-refractivity contribution >= 4 is 0 Å². The van der Waals surface area contributed by atoms with Crippen LogP contribution in [0.3, 0.4) is 0 Å². The van der Waals surface area contributed by atoms with E-state index in [1.807, 2.05) is 0 Å². The largest absolute Gasteiger partial charge is 0.304 e. The summed E-state index contributed by atoms with van der Waals surface area (Å²) < 4.78 is 0. The summed E-state index contributed by atoms with van der Waals surface area (Å²) >= 11 is 0. The third kappa shape index (κ3) is 3.14. The van der Waals surface area contributed by atoms with Gasteiger partial charge < -0.3 is 15.1 Å². The number of hydrogen-bond acceptors (Lipinski definition) is 4. The lowest BCUT2D eigenvalue weighted by atomic mass is 10.3. The molecule has 1 unspecified atom stereocenters. The molecule has 15 heavy (non-hydrogen) atoms. The fourth-order valence-electron chi connectivity index (χ4n) is 2.45. The zero-order valence-corrected chi connectivity index (χ0v) is 10.1. The van der Waals surface area contributed by atoms with Gasteiger partial charge in [-0.25, -0.2) is 0 Å². The number of nitrogens with one attached hydrogen (secondary N) is 1. The Morgan fingerprint density at radius 2 is 1.67 bits per heavy atom. The molecule has 0 aromatic carbocycles. The van der Waals surface area contributed by atoms with Crippen LogP contribution >= 0.6 is 0 Å². The van der Waals surface area contributed by atoms with E-state index in [1.165, 1.54) is 52.2 Å². The van der Waals surface area contributed by atoms with E-state index in [1.54, 1.807) is 0 Å². The van der Waals surface area contributed by atoms with Crippen LogP contribution in [-0.4, -0.2) is 80.8 Å². The second kappa shape index (κ2) is 5.25. The van der Waals surface area contributed by atoms with Gasteiger partial charge in [-0.15, -0.1) is 0 Å². The predicted octanol–water partition coefficient (Wildman–Crippen LogP) is -0.515. The molecule has 1 N–H and O–H groups in total. The average molecular weight is 212 g/mol. The van der Waals surface area contributed by atoms with Gasteiger partial charge in [0, 0.05) is 32.7 Å². The molecule has 0 saturated carbocycles. The Bertz CT molecular complexity index is 189. The van der Waals surface area contributed by atoms with Gasteiger partial charge in [0.15, 0.2) is 0 Å². The first-order valence-corrected chi connectivity index (χ1v) is 6.10. The van der Waals surface area contributed by atoms with Gasteiger partial charge in [-0.2, -0.15) is 0 Å². The minimum atomic E-state index is 0.575. The highest BCUT2D eigenvalue weighted by molar-refractivity contribution is 4.80. The van der Waals surface area contributed by atoms with Crippen molar-refractivity contribution in [1.82, 2.24) is 20.0 Å². The van der Waals surface area contributed by atoms with E-state index in [4.69, 9.17) is 0 Å². The number of nitrogens with zero attached hydrogens (tertiary/aromatic N) is 3. The predicted molar refractivity (Wildman–Crippen MR) is 63.0 cm³/mol. The molecule has 0 aliphatic carbocycles. The molecule has 2 heterocycles. The smallest absolute Gasteiger partial charge is 0.0729 e. The Morgan fingerprint density at radius 3 is 2.40 bits per heavy atom. The fourth-order valence-corrected chi connectivity index (χ4v) is 2.45. The number of piperazine rings is 1. The minimum absolute atomic E-state index is 0.575. The second-order valence-electron chi connectivity index (χ2n) is 4.92. The van der Waals surface area contributed by atoms with E-state index in [0.717, 1.165) is 0 Å². The van der Waals surface area contributed by atoms with E-state index in [0.29, 0.717) is 6.17 Å². The summed E-state index contributed by atoms with van der Waals surface area (Å²) in [5, 5.41) is 3.66. The van der Waals surface area contributed by atoms with Crippen LogP contribution in [0.25, 0.3) is 0 Å². The van der Waals surface area contributed by atoms with Crippen molar-refractivity contribution in [2.45, 2.75) is 12.6 Å². The molecule has 2 aliphatic rings. The molecule has 0 radical (unpaired) electrons. The topological polar surface area (TPSA) is 21.8 Å². The van der Waals surface area contributed by atoms with E-state index in [-0.39, 0.29) is 0 Å². The summed E-state index contributed by atoms with van der Waals surface area (Å²) in [6, 6.07) is 0. The molecule has 2 rings (SSSR count). The molecule has 2 fully saturated rings. The van der Waals surface area contributed by atoms with Gasteiger partial charge in [0.1, 0.15) is 0 Å². The normalized spacial score (nSPS) is 32.8. The van der Waals surface area contributed by atoms with Gasteiger partial charge in [-0.1, -0.05) is 0 Å². The van der Waals surface area contributed by atoms with Gasteiger partial charge >= 0.3 is 0 Å². The maximum absolute atomic E-state index is 3.66. The molecule has 2 aliphatic heterocycles. The Labute approximate surface area is 93.2 Å². The quantitative estimate of drug-likeness (QED) is 0.632. The Balaban J connectivity index is 1.85. The maximum atomic E-state index is 3.66. The van der Waals surface area contributed by atoms with Crippen LogP contribution in [0.2, 0.25) is 0 Å². The van der Waals surface area contributed by atoms with Gasteiger partial charge in [0.05, 0.1) is 6.17 Å². The highest BCUT2D eigenvalue weighted by atomic mass is 15.3. The molecular weight excluding hydrogens is 188 g/mol. The zero-order chi connectivity index (χ0) is 10.7. The van der Waals surface area contributed by atoms with Gasteiger partial charge in [-0.05, 0) is 33.6 Å². The first kappa shape index (κ1) is 11.3. The molecule has 4 nitrogen and oxygen atoms in total. The van der Waals surface area contributed by atoms with Crippen molar-refractivity contribution in [3.05, 3.63) is 0 Å². The Morgan fingerprint density at radius 1 is 0.933 bits per heavy atom. The summed E-state index contributed by atoms with van der Waals surface area (Å²) in [4.78, 5) is 7.46. The van der Waals surface area contributed by atoms with Crippen molar-refractivity contribution in [1.29, 1.82) is 0 Å². The number of rotatable bonds is 1. The van der Waals surface area contributed by atoms with Crippen LogP contribution in [0.1, 0.15) is 6.42 Å². The molecule has 4 heteroatoms. The van der Waals surface area contributed by atoms with E-state index >= 15 is 0 Å². The molecule has 0 amide bonds. The SMILES string of the molecule is CN1CCN(C2CN(C)CCCN2)CC1. The van der Waals surface area contributed by atoms with Crippen LogP contribution < -0.4 is 5.32 Å². The number of hydrogen-bond donors (Lipinski definition) is 1. The summed E-state index contributed by atoms with van der Waals surface area (Å²) in [5.74, 6) is 0. The van der Waals surface area contributed by atoms with Crippen molar-refractivity contribution in [3.63, 3.8) is 0 Å². The number of likely N-dealkylation sites (N-methyl/N-ethyl adjacent to an activating group) is 2. The van der Waals surface area contributed by atoms with Crippen LogP contribution in [0, 0.1) is 0 Å². The van der Waals surface area contributed by atoms with Crippen molar-refractivity contribution in [2.24, 2.45) is 0 Å². The summed E-state index contributed by atoms with van der Waals surface area (Å²) in [6.07, 6.45) is 1.85. The highest BCUT2D eigenvalue weighted by Crippen LogP contribution is 2.07.